The molecule has 0 atom stereocenters. The van der Waals surface area contributed by atoms with Crippen LogP contribution >= 0.6 is 11.8 Å². The molecule has 1 rings (SSSR count). The third-order valence-corrected chi connectivity index (χ3v) is 4.63. The average molecular weight is 360 g/mol. The van der Waals surface area contributed by atoms with E-state index in [2.05, 4.69) is 31.7 Å². The summed E-state index contributed by atoms with van der Waals surface area (Å²) in [5, 5.41) is 6.31. The number of nitrogens with one attached hydrogen (secondary N) is 2. The second-order valence-electron chi connectivity index (χ2n) is 5.78. The van der Waals surface area contributed by atoms with Crippen molar-refractivity contribution < 1.29 is 9.53 Å². The van der Waals surface area contributed by atoms with Gasteiger partial charge in [0.15, 0.2) is 5.96 Å². The van der Waals surface area contributed by atoms with Crippen LogP contribution in [0.1, 0.15) is 12.8 Å². The van der Waals surface area contributed by atoms with Gasteiger partial charge in [-0.3, -0.25) is 14.7 Å². The number of methoxy groups -OCH3 is 1. The van der Waals surface area contributed by atoms with Crippen LogP contribution in [0, 0.1) is 0 Å². The number of nitrogens with zero attached hydrogens (tertiary/aromatic N) is 3. The van der Waals surface area contributed by atoms with Gasteiger partial charge in [-0.2, -0.15) is 11.8 Å². The maximum Gasteiger partial charge on any atom is 0.234 e. The number of carbonyl (C=O) groups excluding carboxylic acids is 1. The zero-order chi connectivity index (χ0) is 17.6. The normalized spacial score (nSPS) is 16.3. The van der Waals surface area contributed by atoms with E-state index in [0.29, 0.717) is 19.7 Å². The molecule has 2 N–H and O–H groups in total. The van der Waals surface area contributed by atoms with E-state index in [1.165, 1.54) is 18.6 Å². The second kappa shape index (κ2) is 13.3. The number of ether oxygens (including phenoxy) is 1. The van der Waals surface area contributed by atoms with E-state index in [1.54, 1.807) is 7.11 Å². The highest BCUT2D eigenvalue weighted by atomic mass is 32.2. The molecule has 0 aromatic carbocycles. The molecule has 140 valence electrons. The molecule has 8 heteroatoms. The van der Waals surface area contributed by atoms with E-state index in [1.807, 2.05) is 18.8 Å². The monoisotopic (exact) mass is 359 g/mol. The molecule has 1 amide bonds. The van der Waals surface area contributed by atoms with Gasteiger partial charge >= 0.3 is 0 Å². The van der Waals surface area contributed by atoms with Gasteiger partial charge in [0, 0.05) is 53.4 Å². The van der Waals surface area contributed by atoms with Crippen LogP contribution in [0.5, 0.6) is 0 Å². The van der Waals surface area contributed by atoms with E-state index in [-0.39, 0.29) is 5.91 Å². The minimum absolute atomic E-state index is 0.0665. The van der Waals surface area contributed by atoms with Crippen LogP contribution in [0.15, 0.2) is 4.99 Å². The maximum absolute atomic E-state index is 11.8. The Morgan fingerprint density at radius 3 is 2.54 bits per heavy atom. The first-order chi connectivity index (χ1) is 11.7. The van der Waals surface area contributed by atoms with Gasteiger partial charge in [0.2, 0.25) is 5.91 Å². The predicted molar refractivity (Wildman–Crippen MR) is 102 cm³/mol. The Balaban J connectivity index is 2.21. The lowest BCUT2D eigenvalue weighted by atomic mass is 10.3. The highest BCUT2D eigenvalue weighted by molar-refractivity contribution is 7.98. The molecule has 0 saturated carbocycles. The molecule has 0 unspecified atom stereocenters. The molecule has 0 aliphatic carbocycles. The molecule has 1 heterocycles. The second-order valence-corrected chi connectivity index (χ2v) is 6.77. The summed E-state index contributed by atoms with van der Waals surface area (Å²) in [7, 11) is 3.47. The highest BCUT2D eigenvalue weighted by Gasteiger charge is 2.20. The summed E-state index contributed by atoms with van der Waals surface area (Å²) in [5.74, 6) is 2.26. The Morgan fingerprint density at radius 2 is 1.92 bits per heavy atom. The minimum atomic E-state index is 0.0665. The lowest BCUT2D eigenvalue weighted by molar-refractivity contribution is -0.122. The zero-order valence-electron chi connectivity index (χ0n) is 15.3. The van der Waals surface area contributed by atoms with Crippen LogP contribution in [0.25, 0.3) is 0 Å². The number of hydrogen-bond donors (Lipinski definition) is 2. The first-order valence-corrected chi connectivity index (χ1v) is 10.0. The summed E-state index contributed by atoms with van der Waals surface area (Å²) in [5.41, 5.74) is 0. The summed E-state index contributed by atoms with van der Waals surface area (Å²) >= 11 is 1.89. The third-order valence-electron chi connectivity index (χ3n) is 3.94. The molecular formula is C16H33N5O2S. The lowest BCUT2D eigenvalue weighted by Gasteiger charge is -2.36. The van der Waals surface area contributed by atoms with Crippen molar-refractivity contribution in [2.45, 2.75) is 12.8 Å². The lowest BCUT2D eigenvalue weighted by Crippen LogP contribution is -2.54. The summed E-state index contributed by atoms with van der Waals surface area (Å²) in [6.45, 7) is 6.11. The maximum atomic E-state index is 11.8. The SMILES string of the molecule is CN=C(NCCCCSC)N1CCN(CC(=O)NCCOC)CC1. The van der Waals surface area contributed by atoms with Crippen molar-refractivity contribution in [2.24, 2.45) is 4.99 Å². The molecule has 7 nitrogen and oxygen atoms in total. The number of rotatable bonds is 10. The Hall–Kier alpha value is -0.990. The van der Waals surface area contributed by atoms with Crippen LogP contribution in [0.3, 0.4) is 0 Å². The van der Waals surface area contributed by atoms with Gasteiger partial charge in [0.05, 0.1) is 13.2 Å². The van der Waals surface area contributed by atoms with Crippen LogP contribution in [-0.4, -0.2) is 100 Å². The van der Waals surface area contributed by atoms with E-state index >= 15 is 0 Å². The van der Waals surface area contributed by atoms with Crippen molar-refractivity contribution in [3.63, 3.8) is 0 Å². The van der Waals surface area contributed by atoms with Crippen molar-refractivity contribution in [3.05, 3.63) is 0 Å². The Morgan fingerprint density at radius 1 is 1.17 bits per heavy atom. The quantitative estimate of drug-likeness (QED) is 0.327. The Bertz CT molecular complexity index is 373. The summed E-state index contributed by atoms with van der Waals surface area (Å²) < 4.78 is 4.93. The van der Waals surface area contributed by atoms with Crippen molar-refractivity contribution in [1.29, 1.82) is 0 Å². The highest BCUT2D eigenvalue weighted by Crippen LogP contribution is 2.03. The molecule has 1 saturated heterocycles. The molecular weight excluding hydrogens is 326 g/mol. The van der Waals surface area contributed by atoms with Gasteiger partial charge < -0.3 is 20.3 Å². The molecule has 0 aromatic heterocycles. The van der Waals surface area contributed by atoms with Crippen LogP contribution in [0.2, 0.25) is 0 Å². The fourth-order valence-electron chi connectivity index (χ4n) is 2.57. The number of thioether (sulfide) groups is 1. The molecule has 0 aromatic rings. The van der Waals surface area contributed by atoms with Crippen LogP contribution in [0.4, 0.5) is 0 Å². The number of guanidine groups is 1. The summed E-state index contributed by atoms with van der Waals surface area (Å²) in [4.78, 5) is 20.7. The van der Waals surface area contributed by atoms with Gasteiger partial charge in [-0.1, -0.05) is 0 Å². The van der Waals surface area contributed by atoms with Gasteiger partial charge in [0.25, 0.3) is 0 Å². The van der Waals surface area contributed by atoms with Crippen molar-refractivity contribution in [3.8, 4) is 0 Å². The molecule has 1 fully saturated rings. The van der Waals surface area contributed by atoms with Crippen LogP contribution < -0.4 is 10.6 Å². The third kappa shape index (κ3) is 8.75. The summed E-state index contributed by atoms with van der Waals surface area (Å²) in [6, 6.07) is 0. The standard InChI is InChI=1S/C16H33N5O2S/c1-17-16(19-6-4-5-13-24-3)21-10-8-20(9-11-21)14-15(22)18-7-12-23-2/h4-14H2,1-3H3,(H,17,19)(H,18,22). The average Bonchev–Trinajstić information content (AvgIpc) is 2.59. The van der Waals surface area contributed by atoms with Gasteiger partial charge in [-0.05, 0) is 24.9 Å². The smallest absolute Gasteiger partial charge is 0.234 e. The Labute approximate surface area is 150 Å². The first-order valence-electron chi connectivity index (χ1n) is 8.63. The van der Waals surface area contributed by atoms with E-state index in [0.717, 1.165) is 38.7 Å². The molecule has 24 heavy (non-hydrogen) atoms. The largest absolute Gasteiger partial charge is 0.383 e. The first kappa shape index (κ1) is 21.1. The fourth-order valence-corrected chi connectivity index (χ4v) is 3.07. The van der Waals surface area contributed by atoms with Crippen molar-refractivity contribution >= 4 is 23.6 Å². The zero-order valence-corrected chi connectivity index (χ0v) is 16.2. The van der Waals surface area contributed by atoms with Crippen molar-refractivity contribution in [1.82, 2.24) is 20.4 Å². The summed E-state index contributed by atoms with van der Waals surface area (Å²) in [6.07, 6.45) is 4.54. The number of carbonyl (C=O) groups is 1. The van der Waals surface area contributed by atoms with Crippen molar-refractivity contribution in [2.75, 3.05) is 78.6 Å². The van der Waals surface area contributed by atoms with E-state index in [9.17, 15) is 4.79 Å². The van der Waals surface area contributed by atoms with E-state index in [4.69, 9.17) is 4.74 Å². The number of unbranched alkanes of at least 4 members (excludes halogenated alkanes) is 1. The Kier molecular flexibility index (Phi) is 11.7. The number of piperazine rings is 1. The molecule has 1 aliphatic heterocycles. The number of aliphatic imine (C=N–C) groups is 1. The topological polar surface area (TPSA) is 69.2 Å². The van der Waals surface area contributed by atoms with Gasteiger partial charge in [0.1, 0.15) is 0 Å². The fraction of sp³-hybridized carbons (Fsp3) is 0.875. The number of amides is 1. The van der Waals surface area contributed by atoms with Gasteiger partial charge in [-0.15, -0.1) is 0 Å². The molecule has 0 spiro atoms. The predicted octanol–water partition coefficient (Wildman–Crippen LogP) is 0.0852. The number of hydrogen-bond acceptors (Lipinski definition) is 5. The molecule has 1 aliphatic rings. The van der Waals surface area contributed by atoms with Gasteiger partial charge in [-0.25, -0.2) is 0 Å². The van der Waals surface area contributed by atoms with E-state index < -0.39 is 0 Å². The molecule has 0 bridgehead atoms. The minimum Gasteiger partial charge on any atom is -0.383 e. The molecule has 0 radical (unpaired) electrons. The van der Waals surface area contributed by atoms with Crippen LogP contribution in [-0.2, 0) is 9.53 Å².